The molecule has 0 aliphatic carbocycles. The molecule has 1 aromatic rings. The molecule has 1 fully saturated rings. The first-order chi connectivity index (χ1) is 10.1. The summed E-state index contributed by atoms with van der Waals surface area (Å²) in [6.45, 7) is 3.28. The van der Waals surface area contributed by atoms with E-state index >= 15 is 0 Å². The summed E-state index contributed by atoms with van der Waals surface area (Å²) in [4.78, 5) is 14.0. The van der Waals surface area contributed by atoms with Gasteiger partial charge in [0.05, 0.1) is 13.2 Å². The molecule has 1 atom stereocenters. The number of aliphatic hydroxyl groups excluding tert-OH is 1. The molecule has 1 N–H and O–H groups in total. The van der Waals surface area contributed by atoms with Gasteiger partial charge in [-0.1, -0.05) is 0 Å². The van der Waals surface area contributed by atoms with Gasteiger partial charge in [-0.2, -0.15) is 0 Å². The molecule has 1 heterocycles. The number of ether oxygens (including phenoxy) is 2. The lowest BCUT2D eigenvalue weighted by Gasteiger charge is -2.26. The summed E-state index contributed by atoms with van der Waals surface area (Å²) >= 11 is 0. The maximum absolute atomic E-state index is 12.1. The number of amides is 1. The van der Waals surface area contributed by atoms with Crippen LogP contribution < -0.4 is 9.47 Å². The van der Waals surface area contributed by atoms with Gasteiger partial charge in [0, 0.05) is 24.7 Å². The molecule has 1 aliphatic heterocycles. The van der Waals surface area contributed by atoms with Gasteiger partial charge in [-0.15, -0.1) is 0 Å². The van der Waals surface area contributed by atoms with Crippen molar-refractivity contribution in [3.05, 3.63) is 23.8 Å². The SMILES string of the molecule is COc1ccc(C(C)O)c(OCC(=O)N2CCCCC2)c1. The number of carbonyl (C=O) groups excluding carboxylic acids is 1. The number of carbonyl (C=O) groups is 1. The molecule has 1 aromatic carbocycles. The van der Waals surface area contributed by atoms with Gasteiger partial charge < -0.3 is 19.5 Å². The summed E-state index contributed by atoms with van der Waals surface area (Å²) in [6.07, 6.45) is 2.65. The Morgan fingerprint density at radius 1 is 1.33 bits per heavy atom. The van der Waals surface area contributed by atoms with E-state index in [-0.39, 0.29) is 12.5 Å². The zero-order chi connectivity index (χ0) is 15.2. The molecule has 0 spiro atoms. The minimum Gasteiger partial charge on any atom is -0.497 e. The van der Waals surface area contributed by atoms with E-state index in [0.29, 0.717) is 17.1 Å². The Hall–Kier alpha value is -1.75. The third kappa shape index (κ3) is 4.11. The molecule has 0 saturated carbocycles. The number of methoxy groups -OCH3 is 1. The van der Waals surface area contributed by atoms with E-state index in [1.807, 2.05) is 4.90 Å². The minimum atomic E-state index is -0.656. The molecule has 1 unspecified atom stereocenters. The lowest BCUT2D eigenvalue weighted by Crippen LogP contribution is -2.38. The van der Waals surface area contributed by atoms with Crippen molar-refractivity contribution in [1.29, 1.82) is 0 Å². The Bertz CT molecular complexity index is 481. The molecule has 1 amide bonds. The van der Waals surface area contributed by atoms with Crippen LogP contribution in [-0.2, 0) is 4.79 Å². The van der Waals surface area contributed by atoms with Crippen LogP contribution >= 0.6 is 0 Å². The topological polar surface area (TPSA) is 59.0 Å². The lowest BCUT2D eigenvalue weighted by molar-refractivity contribution is -0.134. The molecular formula is C16H23NO4. The lowest BCUT2D eigenvalue weighted by atomic mass is 10.1. The zero-order valence-electron chi connectivity index (χ0n) is 12.7. The van der Waals surface area contributed by atoms with Gasteiger partial charge in [0.2, 0.25) is 0 Å². The van der Waals surface area contributed by atoms with Gasteiger partial charge >= 0.3 is 0 Å². The van der Waals surface area contributed by atoms with Crippen LogP contribution in [0.1, 0.15) is 37.9 Å². The Morgan fingerprint density at radius 3 is 2.67 bits per heavy atom. The van der Waals surface area contributed by atoms with Gasteiger partial charge in [0.1, 0.15) is 11.5 Å². The molecular weight excluding hydrogens is 270 g/mol. The van der Waals surface area contributed by atoms with Crippen molar-refractivity contribution >= 4 is 5.91 Å². The molecule has 5 heteroatoms. The van der Waals surface area contributed by atoms with E-state index in [1.165, 1.54) is 6.42 Å². The van der Waals surface area contributed by atoms with E-state index in [4.69, 9.17) is 9.47 Å². The summed E-state index contributed by atoms with van der Waals surface area (Å²) < 4.78 is 10.8. The summed E-state index contributed by atoms with van der Waals surface area (Å²) in [5.41, 5.74) is 0.655. The number of rotatable bonds is 5. The highest BCUT2D eigenvalue weighted by atomic mass is 16.5. The Balaban J connectivity index is 2.02. The molecule has 0 bridgehead atoms. The maximum Gasteiger partial charge on any atom is 0.260 e. The molecule has 5 nitrogen and oxygen atoms in total. The Morgan fingerprint density at radius 2 is 2.05 bits per heavy atom. The third-order valence-electron chi connectivity index (χ3n) is 3.73. The fraction of sp³-hybridized carbons (Fsp3) is 0.562. The minimum absolute atomic E-state index is 0.00550. The fourth-order valence-corrected chi connectivity index (χ4v) is 2.49. The first kappa shape index (κ1) is 15.6. The van der Waals surface area contributed by atoms with Gasteiger partial charge in [-0.25, -0.2) is 0 Å². The van der Waals surface area contributed by atoms with Crippen molar-refractivity contribution in [3.63, 3.8) is 0 Å². The van der Waals surface area contributed by atoms with E-state index < -0.39 is 6.10 Å². The van der Waals surface area contributed by atoms with Crippen LogP contribution in [0, 0.1) is 0 Å². The predicted octanol–water partition coefficient (Wildman–Crippen LogP) is 2.14. The molecule has 21 heavy (non-hydrogen) atoms. The van der Waals surface area contributed by atoms with E-state index in [9.17, 15) is 9.90 Å². The van der Waals surface area contributed by atoms with Crippen molar-refractivity contribution in [2.45, 2.75) is 32.3 Å². The number of aliphatic hydroxyl groups is 1. The van der Waals surface area contributed by atoms with Gasteiger partial charge in [-0.3, -0.25) is 4.79 Å². The van der Waals surface area contributed by atoms with E-state index in [2.05, 4.69) is 0 Å². The number of hydrogen-bond donors (Lipinski definition) is 1. The smallest absolute Gasteiger partial charge is 0.260 e. The summed E-state index contributed by atoms with van der Waals surface area (Å²) in [7, 11) is 1.57. The molecule has 2 rings (SSSR count). The Labute approximate surface area is 125 Å². The second kappa shape index (κ2) is 7.31. The molecule has 0 radical (unpaired) electrons. The average molecular weight is 293 g/mol. The maximum atomic E-state index is 12.1. The van der Waals surface area contributed by atoms with Crippen LogP contribution in [0.25, 0.3) is 0 Å². The fourth-order valence-electron chi connectivity index (χ4n) is 2.49. The largest absolute Gasteiger partial charge is 0.497 e. The van der Waals surface area contributed by atoms with Gasteiger partial charge in [-0.05, 0) is 38.3 Å². The summed E-state index contributed by atoms with van der Waals surface area (Å²) in [6, 6.07) is 5.22. The molecule has 116 valence electrons. The van der Waals surface area contributed by atoms with Crippen LogP contribution in [0.5, 0.6) is 11.5 Å². The predicted molar refractivity (Wildman–Crippen MR) is 79.6 cm³/mol. The highest BCUT2D eigenvalue weighted by molar-refractivity contribution is 5.77. The molecule has 0 aromatic heterocycles. The van der Waals surface area contributed by atoms with Crippen LogP contribution in [0.3, 0.4) is 0 Å². The number of nitrogens with zero attached hydrogens (tertiary/aromatic N) is 1. The first-order valence-corrected chi connectivity index (χ1v) is 7.38. The quantitative estimate of drug-likeness (QED) is 0.903. The number of likely N-dealkylation sites (tertiary alicyclic amines) is 1. The molecule has 1 saturated heterocycles. The van der Waals surface area contributed by atoms with E-state index in [0.717, 1.165) is 25.9 Å². The summed E-state index contributed by atoms with van der Waals surface area (Å²) in [5.74, 6) is 1.13. The van der Waals surface area contributed by atoms with Crippen LogP contribution in [0.4, 0.5) is 0 Å². The first-order valence-electron chi connectivity index (χ1n) is 7.38. The normalized spacial score (nSPS) is 16.4. The second-order valence-corrected chi connectivity index (χ2v) is 5.31. The van der Waals surface area contributed by atoms with Crippen molar-refractivity contribution in [2.75, 3.05) is 26.8 Å². The zero-order valence-corrected chi connectivity index (χ0v) is 12.7. The highest BCUT2D eigenvalue weighted by Crippen LogP contribution is 2.29. The van der Waals surface area contributed by atoms with Crippen molar-refractivity contribution in [2.24, 2.45) is 0 Å². The number of piperidine rings is 1. The summed E-state index contributed by atoms with van der Waals surface area (Å²) in [5, 5.41) is 9.77. The number of hydrogen-bond acceptors (Lipinski definition) is 4. The molecule has 1 aliphatic rings. The van der Waals surface area contributed by atoms with Gasteiger partial charge in [0.25, 0.3) is 5.91 Å². The van der Waals surface area contributed by atoms with E-state index in [1.54, 1.807) is 32.2 Å². The van der Waals surface area contributed by atoms with Crippen molar-refractivity contribution in [1.82, 2.24) is 4.90 Å². The highest BCUT2D eigenvalue weighted by Gasteiger charge is 2.18. The van der Waals surface area contributed by atoms with Crippen molar-refractivity contribution < 1.29 is 19.4 Å². The van der Waals surface area contributed by atoms with Crippen molar-refractivity contribution in [3.8, 4) is 11.5 Å². The second-order valence-electron chi connectivity index (χ2n) is 5.31. The number of benzene rings is 1. The van der Waals surface area contributed by atoms with Crippen LogP contribution in [0.15, 0.2) is 18.2 Å². The van der Waals surface area contributed by atoms with Crippen LogP contribution in [0.2, 0.25) is 0 Å². The monoisotopic (exact) mass is 293 g/mol. The third-order valence-corrected chi connectivity index (χ3v) is 3.73. The van der Waals surface area contributed by atoms with Crippen LogP contribution in [-0.4, -0.2) is 42.7 Å². The standard InChI is InChI=1S/C16H23NO4/c1-12(18)14-7-6-13(20-2)10-15(14)21-11-16(19)17-8-4-3-5-9-17/h6-7,10,12,18H,3-5,8-9,11H2,1-2H3. The average Bonchev–Trinajstić information content (AvgIpc) is 2.52. The van der Waals surface area contributed by atoms with Gasteiger partial charge in [0.15, 0.2) is 6.61 Å². The Kier molecular flexibility index (Phi) is 5.44.